The van der Waals surface area contributed by atoms with Crippen molar-refractivity contribution in [2.75, 3.05) is 5.73 Å². The average molecular weight is 146 g/mol. The third-order valence-electron chi connectivity index (χ3n) is 0.825. The highest BCUT2D eigenvalue weighted by molar-refractivity contribution is 6.16. The number of nitrogens with zero attached hydrogens (tertiary/aromatic N) is 2. The highest BCUT2D eigenvalue weighted by Crippen LogP contribution is 1.94. The molecule has 0 fully saturated rings. The summed E-state index contributed by atoms with van der Waals surface area (Å²) in [5.41, 5.74) is 4.65. The maximum absolute atomic E-state index is 10.5. The topological polar surface area (TPSA) is 60.9 Å². The summed E-state index contributed by atoms with van der Waals surface area (Å²) in [4.78, 5) is 13.8. The minimum Gasteiger partial charge on any atom is -0.384 e. The molecule has 0 bridgehead atoms. The monoisotopic (exact) mass is 145 g/mol. The van der Waals surface area contributed by atoms with Gasteiger partial charge in [0.1, 0.15) is 5.82 Å². The van der Waals surface area contributed by atoms with Crippen LogP contribution in [0.25, 0.3) is 0 Å². The van der Waals surface area contributed by atoms with E-state index < -0.39 is 5.69 Å². The smallest absolute Gasteiger partial charge is 0.364 e. The fourth-order valence-corrected chi connectivity index (χ4v) is 0.504. The van der Waals surface area contributed by atoms with Crippen LogP contribution in [0.15, 0.2) is 17.1 Å². The predicted molar refractivity (Wildman–Crippen MR) is 34.2 cm³/mol. The molecular weight excluding hydrogens is 142 g/mol. The summed E-state index contributed by atoms with van der Waals surface area (Å²) in [7, 11) is 0. The highest BCUT2D eigenvalue weighted by atomic mass is 35.5. The number of hydrogen-bond acceptors (Lipinski definition) is 3. The van der Waals surface area contributed by atoms with Gasteiger partial charge in [-0.25, -0.2) is 9.78 Å². The summed E-state index contributed by atoms with van der Waals surface area (Å²) in [5, 5.41) is 0. The van der Waals surface area contributed by atoms with Gasteiger partial charge in [0, 0.05) is 18.0 Å². The highest BCUT2D eigenvalue weighted by Gasteiger charge is 1.93. The van der Waals surface area contributed by atoms with Crippen LogP contribution in [0.2, 0.25) is 0 Å². The van der Waals surface area contributed by atoms with Gasteiger partial charge >= 0.3 is 5.69 Å². The molecule has 0 unspecified atom stereocenters. The van der Waals surface area contributed by atoms with Gasteiger partial charge in [-0.15, -0.1) is 0 Å². The third kappa shape index (κ3) is 1.02. The first kappa shape index (κ1) is 6.10. The Hall–Kier alpha value is -1.03. The van der Waals surface area contributed by atoms with Crippen molar-refractivity contribution >= 4 is 17.6 Å². The SMILES string of the molecule is Nc1ccnc(=O)n1Cl. The molecule has 1 rings (SSSR count). The van der Waals surface area contributed by atoms with E-state index in [0.29, 0.717) is 0 Å². The molecule has 2 N–H and O–H groups in total. The molecule has 0 aliphatic carbocycles. The number of anilines is 1. The van der Waals surface area contributed by atoms with E-state index in [1.807, 2.05) is 0 Å². The molecular formula is C4H4ClN3O. The molecule has 0 aliphatic rings. The average Bonchev–Trinajstić information content (AvgIpc) is 1.83. The minimum absolute atomic E-state index is 0.191. The van der Waals surface area contributed by atoms with Crippen LogP contribution in [0.5, 0.6) is 0 Å². The zero-order valence-electron chi connectivity index (χ0n) is 4.41. The van der Waals surface area contributed by atoms with Crippen LogP contribution >= 0.6 is 11.8 Å². The van der Waals surface area contributed by atoms with Crippen LogP contribution in [-0.2, 0) is 0 Å². The van der Waals surface area contributed by atoms with Crippen molar-refractivity contribution < 1.29 is 0 Å². The predicted octanol–water partition coefficient (Wildman–Crippen LogP) is -0.173. The standard InChI is InChI=1S/C4H4ClN3O/c5-8-3(6)1-2-7-4(8)9/h1-2H,6H2. The molecule has 0 spiro atoms. The summed E-state index contributed by atoms with van der Waals surface area (Å²) < 4.78 is 0.750. The Balaban J connectivity index is 3.43. The van der Waals surface area contributed by atoms with E-state index in [2.05, 4.69) is 4.98 Å². The maximum Gasteiger partial charge on any atom is 0.364 e. The van der Waals surface area contributed by atoms with Crippen molar-refractivity contribution in [2.45, 2.75) is 0 Å². The first-order chi connectivity index (χ1) is 4.22. The second kappa shape index (κ2) is 2.06. The Morgan fingerprint density at radius 2 is 2.44 bits per heavy atom. The molecule has 1 heterocycles. The number of nitrogens with two attached hydrogens (primary N) is 1. The number of rotatable bonds is 0. The molecule has 0 saturated carbocycles. The van der Waals surface area contributed by atoms with Gasteiger partial charge < -0.3 is 5.73 Å². The Morgan fingerprint density at radius 3 is 2.89 bits per heavy atom. The zero-order valence-corrected chi connectivity index (χ0v) is 5.17. The van der Waals surface area contributed by atoms with Crippen LogP contribution < -0.4 is 11.4 Å². The first-order valence-electron chi connectivity index (χ1n) is 2.21. The van der Waals surface area contributed by atoms with Gasteiger partial charge in [0.15, 0.2) is 0 Å². The lowest BCUT2D eigenvalue weighted by atomic mass is 10.6. The molecule has 48 valence electrons. The molecule has 0 aliphatic heterocycles. The molecule has 0 amide bonds. The first-order valence-corrected chi connectivity index (χ1v) is 2.55. The molecule has 4 nitrogen and oxygen atoms in total. The summed E-state index contributed by atoms with van der Waals surface area (Å²) >= 11 is 5.29. The lowest BCUT2D eigenvalue weighted by molar-refractivity contribution is 1.02. The van der Waals surface area contributed by atoms with E-state index >= 15 is 0 Å². The van der Waals surface area contributed by atoms with Crippen molar-refractivity contribution in [2.24, 2.45) is 0 Å². The van der Waals surface area contributed by atoms with Crippen molar-refractivity contribution in [3.8, 4) is 0 Å². The molecule has 9 heavy (non-hydrogen) atoms. The Labute approximate surface area is 56.0 Å². The van der Waals surface area contributed by atoms with E-state index in [9.17, 15) is 4.79 Å². The number of nitrogen functional groups attached to an aromatic ring is 1. The van der Waals surface area contributed by atoms with Gasteiger partial charge in [0.2, 0.25) is 0 Å². The molecule has 0 aromatic carbocycles. The number of aromatic nitrogens is 2. The fourth-order valence-electron chi connectivity index (χ4n) is 0.404. The molecule has 0 radical (unpaired) electrons. The molecule has 0 saturated heterocycles. The van der Waals surface area contributed by atoms with Crippen LogP contribution in [0.3, 0.4) is 0 Å². The summed E-state index contributed by atoms with van der Waals surface area (Å²) in [6, 6.07) is 1.44. The Bertz CT molecular complexity index is 269. The quantitative estimate of drug-likeness (QED) is 0.551. The Kier molecular flexibility index (Phi) is 1.40. The van der Waals surface area contributed by atoms with Crippen molar-refractivity contribution in [1.82, 2.24) is 9.07 Å². The van der Waals surface area contributed by atoms with Crippen molar-refractivity contribution in [3.63, 3.8) is 0 Å². The van der Waals surface area contributed by atoms with E-state index in [1.165, 1.54) is 12.3 Å². The van der Waals surface area contributed by atoms with Gasteiger partial charge in [-0.05, 0) is 6.07 Å². The molecule has 0 atom stereocenters. The van der Waals surface area contributed by atoms with Crippen LogP contribution in [0.1, 0.15) is 0 Å². The van der Waals surface area contributed by atoms with E-state index in [-0.39, 0.29) is 5.82 Å². The molecule has 1 aromatic rings. The zero-order chi connectivity index (χ0) is 6.85. The van der Waals surface area contributed by atoms with Gasteiger partial charge in [0.05, 0.1) is 0 Å². The van der Waals surface area contributed by atoms with Gasteiger partial charge in [-0.3, -0.25) is 0 Å². The molecule has 5 heteroatoms. The van der Waals surface area contributed by atoms with E-state index in [1.54, 1.807) is 0 Å². The van der Waals surface area contributed by atoms with Gasteiger partial charge in [-0.1, -0.05) is 0 Å². The normalized spacial score (nSPS) is 9.44. The van der Waals surface area contributed by atoms with Crippen molar-refractivity contribution in [3.05, 3.63) is 22.7 Å². The fraction of sp³-hybridized carbons (Fsp3) is 0. The maximum atomic E-state index is 10.5. The second-order valence-electron chi connectivity index (χ2n) is 1.43. The van der Waals surface area contributed by atoms with Crippen LogP contribution in [0, 0.1) is 0 Å². The number of halogens is 1. The lowest BCUT2D eigenvalue weighted by Crippen LogP contribution is -2.17. The van der Waals surface area contributed by atoms with Gasteiger partial charge in [-0.2, -0.15) is 4.09 Å². The van der Waals surface area contributed by atoms with Crippen molar-refractivity contribution in [1.29, 1.82) is 0 Å². The molecule has 1 aromatic heterocycles. The van der Waals surface area contributed by atoms with E-state index in [0.717, 1.165) is 4.09 Å². The minimum atomic E-state index is -0.559. The Morgan fingerprint density at radius 1 is 1.78 bits per heavy atom. The second-order valence-corrected chi connectivity index (χ2v) is 1.77. The lowest BCUT2D eigenvalue weighted by Gasteiger charge is -1.93. The van der Waals surface area contributed by atoms with Gasteiger partial charge in [0.25, 0.3) is 0 Å². The van der Waals surface area contributed by atoms with Crippen LogP contribution in [-0.4, -0.2) is 9.07 Å². The largest absolute Gasteiger partial charge is 0.384 e. The third-order valence-corrected chi connectivity index (χ3v) is 1.16. The summed E-state index contributed by atoms with van der Waals surface area (Å²) in [6.45, 7) is 0. The van der Waals surface area contributed by atoms with E-state index in [4.69, 9.17) is 17.5 Å². The number of hydrogen-bond donors (Lipinski definition) is 1. The summed E-state index contributed by atoms with van der Waals surface area (Å²) in [6.07, 6.45) is 1.30. The summed E-state index contributed by atoms with van der Waals surface area (Å²) in [5.74, 6) is 0.191. The van der Waals surface area contributed by atoms with Crippen LogP contribution in [0.4, 0.5) is 5.82 Å².